The molecule has 0 radical (unpaired) electrons. The summed E-state index contributed by atoms with van der Waals surface area (Å²) in [5.41, 5.74) is 3.28. The van der Waals surface area contributed by atoms with Crippen LogP contribution in [0.2, 0.25) is 0 Å². The van der Waals surface area contributed by atoms with E-state index in [4.69, 9.17) is 9.47 Å². The number of hydrogen-bond acceptors (Lipinski definition) is 6. The van der Waals surface area contributed by atoms with Gasteiger partial charge in [0.25, 0.3) is 5.91 Å². The van der Waals surface area contributed by atoms with Gasteiger partial charge in [-0.2, -0.15) is 0 Å². The van der Waals surface area contributed by atoms with E-state index >= 15 is 0 Å². The number of benzene rings is 1. The first-order chi connectivity index (χ1) is 17.3. The maximum Gasteiger partial charge on any atom is 0.310 e. The molecule has 0 aliphatic carbocycles. The van der Waals surface area contributed by atoms with Crippen LogP contribution in [-0.4, -0.2) is 70.3 Å². The fourth-order valence-electron chi connectivity index (χ4n) is 4.33. The Labute approximate surface area is 210 Å². The van der Waals surface area contributed by atoms with Crippen molar-refractivity contribution < 1.29 is 23.9 Å². The molecular weight excluding hydrogens is 460 g/mol. The summed E-state index contributed by atoms with van der Waals surface area (Å²) in [4.78, 5) is 45.3. The van der Waals surface area contributed by atoms with E-state index in [1.807, 2.05) is 35.9 Å². The van der Waals surface area contributed by atoms with Crippen molar-refractivity contribution >= 4 is 23.4 Å². The van der Waals surface area contributed by atoms with Gasteiger partial charge in [0.05, 0.1) is 24.8 Å². The first-order valence-electron chi connectivity index (χ1n) is 12.2. The zero-order valence-corrected chi connectivity index (χ0v) is 21.0. The maximum absolute atomic E-state index is 12.9. The number of likely N-dealkylation sites (N-methyl/N-ethyl adjacent to an activating group) is 1. The van der Waals surface area contributed by atoms with Crippen LogP contribution in [0.25, 0.3) is 5.65 Å². The van der Waals surface area contributed by atoms with Crippen LogP contribution in [0.15, 0.2) is 48.8 Å². The highest BCUT2D eigenvalue weighted by molar-refractivity contribution is 5.96. The Morgan fingerprint density at radius 1 is 1.11 bits per heavy atom. The van der Waals surface area contributed by atoms with Crippen LogP contribution >= 0.6 is 0 Å². The van der Waals surface area contributed by atoms with Gasteiger partial charge >= 0.3 is 5.97 Å². The molecule has 1 aliphatic heterocycles. The lowest BCUT2D eigenvalue weighted by Crippen LogP contribution is -2.47. The van der Waals surface area contributed by atoms with E-state index in [-0.39, 0.29) is 30.2 Å². The fraction of sp³-hybridized carbons (Fsp3) is 0.407. The Morgan fingerprint density at radius 2 is 1.89 bits per heavy atom. The molecule has 9 heteroatoms. The number of hydrogen-bond donors (Lipinski definition) is 0. The van der Waals surface area contributed by atoms with Gasteiger partial charge in [-0.1, -0.05) is 6.07 Å². The van der Waals surface area contributed by atoms with Crippen molar-refractivity contribution in [1.29, 1.82) is 0 Å². The predicted molar refractivity (Wildman–Crippen MR) is 134 cm³/mol. The van der Waals surface area contributed by atoms with Crippen LogP contribution in [0.4, 0.5) is 0 Å². The number of imidazole rings is 1. The van der Waals surface area contributed by atoms with Gasteiger partial charge in [0, 0.05) is 38.1 Å². The van der Waals surface area contributed by atoms with Gasteiger partial charge in [-0.05, 0) is 62.6 Å². The highest BCUT2D eigenvalue weighted by Crippen LogP contribution is 2.19. The Hall–Kier alpha value is -3.88. The first-order valence-corrected chi connectivity index (χ1v) is 12.2. The lowest BCUT2D eigenvalue weighted by molar-refractivity contribution is -0.151. The van der Waals surface area contributed by atoms with Crippen LogP contribution in [0.3, 0.4) is 0 Å². The zero-order valence-electron chi connectivity index (χ0n) is 21.0. The monoisotopic (exact) mass is 492 g/mol. The quantitative estimate of drug-likeness (QED) is 0.449. The number of carbonyl (C=O) groups is 3. The molecule has 1 unspecified atom stereocenters. The Kier molecular flexibility index (Phi) is 7.87. The molecule has 1 saturated heterocycles. The van der Waals surface area contributed by atoms with Crippen molar-refractivity contribution in [3.05, 3.63) is 65.6 Å². The molecule has 3 heterocycles. The number of fused-ring (bicyclic) bond motifs is 1. The summed E-state index contributed by atoms with van der Waals surface area (Å²) in [5, 5.41) is 0. The molecule has 4 rings (SSSR count). The molecule has 0 spiro atoms. The maximum atomic E-state index is 12.9. The van der Waals surface area contributed by atoms with E-state index in [0.29, 0.717) is 44.0 Å². The highest BCUT2D eigenvalue weighted by Gasteiger charge is 2.30. The molecular formula is C27H32N4O5. The number of nitrogens with zero attached hydrogens (tertiary/aromatic N) is 4. The number of rotatable bonds is 8. The van der Waals surface area contributed by atoms with E-state index < -0.39 is 0 Å². The highest BCUT2D eigenvalue weighted by atomic mass is 16.5. The Balaban J connectivity index is 1.29. The summed E-state index contributed by atoms with van der Waals surface area (Å²) >= 11 is 0. The lowest BCUT2D eigenvalue weighted by atomic mass is 9.98. The topological polar surface area (TPSA) is 93.5 Å². The summed E-state index contributed by atoms with van der Waals surface area (Å²) in [5.74, 6) is -0.386. The average molecular weight is 493 g/mol. The van der Waals surface area contributed by atoms with Crippen LogP contribution in [-0.2, 0) is 20.9 Å². The molecule has 1 aromatic carbocycles. The van der Waals surface area contributed by atoms with E-state index in [9.17, 15) is 14.4 Å². The van der Waals surface area contributed by atoms with Crippen LogP contribution in [0, 0.1) is 12.8 Å². The van der Waals surface area contributed by atoms with Gasteiger partial charge in [-0.25, -0.2) is 4.98 Å². The summed E-state index contributed by atoms with van der Waals surface area (Å²) in [7, 11) is 1.60. The van der Waals surface area contributed by atoms with Crippen molar-refractivity contribution in [2.24, 2.45) is 5.92 Å². The van der Waals surface area contributed by atoms with Crippen molar-refractivity contribution in [3.8, 4) is 5.75 Å². The van der Waals surface area contributed by atoms with Crippen molar-refractivity contribution in [2.75, 3.05) is 33.3 Å². The third kappa shape index (κ3) is 6.02. The second kappa shape index (κ2) is 11.2. The molecule has 9 nitrogen and oxygen atoms in total. The number of carbonyl (C=O) groups excluding carboxylic acids is 3. The van der Waals surface area contributed by atoms with E-state index in [0.717, 1.165) is 23.3 Å². The molecule has 190 valence electrons. The minimum Gasteiger partial charge on any atom is -0.487 e. The smallest absolute Gasteiger partial charge is 0.310 e. The molecule has 36 heavy (non-hydrogen) atoms. The van der Waals surface area contributed by atoms with Crippen molar-refractivity contribution in [1.82, 2.24) is 19.2 Å². The first kappa shape index (κ1) is 25.2. The minimum absolute atomic E-state index is 0.0556. The number of aryl methyl sites for hydroxylation is 1. The van der Waals surface area contributed by atoms with Gasteiger partial charge < -0.3 is 23.7 Å². The molecule has 1 aliphatic rings. The molecule has 0 N–H and O–H groups in total. The number of likely N-dealkylation sites (tertiary alicyclic amines) is 1. The predicted octanol–water partition coefficient (Wildman–Crippen LogP) is 3.10. The molecule has 2 aromatic heterocycles. The second-order valence-corrected chi connectivity index (χ2v) is 9.11. The standard InChI is InChI=1S/C27H32N4O5/c1-4-35-27(34)21-6-5-13-30(15-21)25(32)17-29(3)26(33)20-8-10-23(11-9-20)36-18-22-16-31-14-19(2)7-12-24(31)28-22/h7-12,14,16,21H,4-6,13,15,17-18H2,1-3H3. The molecule has 0 saturated carbocycles. The number of piperidine rings is 1. The van der Waals surface area contributed by atoms with E-state index in [1.165, 1.54) is 4.90 Å². The summed E-state index contributed by atoms with van der Waals surface area (Å²) in [6, 6.07) is 10.8. The number of pyridine rings is 1. The summed E-state index contributed by atoms with van der Waals surface area (Å²) in [6.07, 6.45) is 5.40. The summed E-state index contributed by atoms with van der Waals surface area (Å²) < 4.78 is 12.9. The normalized spacial score (nSPS) is 15.5. The Morgan fingerprint density at radius 3 is 2.64 bits per heavy atom. The van der Waals surface area contributed by atoms with Crippen LogP contribution in [0.1, 0.15) is 41.4 Å². The third-order valence-corrected chi connectivity index (χ3v) is 6.25. The van der Waals surface area contributed by atoms with Crippen LogP contribution in [0.5, 0.6) is 5.75 Å². The molecule has 2 amide bonds. The van der Waals surface area contributed by atoms with Crippen molar-refractivity contribution in [3.63, 3.8) is 0 Å². The average Bonchev–Trinajstić information content (AvgIpc) is 3.29. The number of esters is 1. The molecule has 3 aromatic rings. The number of amides is 2. The molecule has 1 atom stereocenters. The van der Waals surface area contributed by atoms with Gasteiger partial charge in [-0.15, -0.1) is 0 Å². The van der Waals surface area contributed by atoms with E-state index in [1.54, 1.807) is 43.1 Å². The Bertz CT molecular complexity index is 1240. The zero-order chi connectivity index (χ0) is 25.7. The molecule has 0 bridgehead atoms. The van der Waals surface area contributed by atoms with Gasteiger partial charge in [0.1, 0.15) is 18.0 Å². The SMILES string of the molecule is CCOC(=O)C1CCCN(C(=O)CN(C)C(=O)c2ccc(OCc3cn4cc(C)ccc4n3)cc2)C1. The van der Waals surface area contributed by atoms with Gasteiger partial charge in [-0.3, -0.25) is 14.4 Å². The summed E-state index contributed by atoms with van der Waals surface area (Å²) in [6.45, 7) is 5.29. The molecule has 1 fully saturated rings. The fourth-order valence-corrected chi connectivity index (χ4v) is 4.33. The second-order valence-electron chi connectivity index (χ2n) is 9.11. The number of ether oxygens (including phenoxy) is 2. The minimum atomic E-state index is -0.305. The largest absolute Gasteiger partial charge is 0.487 e. The lowest BCUT2D eigenvalue weighted by Gasteiger charge is -2.32. The van der Waals surface area contributed by atoms with Gasteiger partial charge in [0.15, 0.2) is 0 Å². The third-order valence-electron chi connectivity index (χ3n) is 6.25. The van der Waals surface area contributed by atoms with E-state index in [2.05, 4.69) is 4.98 Å². The van der Waals surface area contributed by atoms with Gasteiger partial charge in [0.2, 0.25) is 5.91 Å². The van der Waals surface area contributed by atoms with Crippen LogP contribution < -0.4 is 4.74 Å². The van der Waals surface area contributed by atoms with Crippen molar-refractivity contribution in [2.45, 2.75) is 33.3 Å². The number of aromatic nitrogens is 2.